The molecule has 1 saturated heterocycles. The van der Waals surface area contributed by atoms with Crippen LogP contribution in [0.2, 0.25) is 0 Å². The molecule has 0 radical (unpaired) electrons. The Balaban J connectivity index is 1.75. The van der Waals surface area contributed by atoms with Crippen LogP contribution < -0.4 is 0 Å². The quantitative estimate of drug-likeness (QED) is 0.885. The number of hydrogen-bond donors (Lipinski definition) is 1. The molecule has 18 heavy (non-hydrogen) atoms. The van der Waals surface area contributed by atoms with Gasteiger partial charge >= 0.3 is 0 Å². The van der Waals surface area contributed by atoms with E-state index in [1.807, 2.05) is 0 Å². The third-order valence-electron chi connectivity index (χ3n) is 4.76. The van der Waals surface area contributed by atoms with Crippen LogP contribution in [0.25, 0.3) is 0 Å². The molecular formula is C16H23NO. The van der Waals surface area contributed by atoms with Gasteiger partial charge in [0.15, 0.2) is 0 Å². The van der Waals surface area contributed by atoms with Gasteiger partial charge in [0.2, 0.25) is 0 Å². The van der Waals surface area contributed by atoms with Crippen molar-refractivity contribution in [3.05, 3.63) is 35.9 Å². The maximum atomic E-state index is 9.62. The predicted octanol–water partition coefficient (Wildman–Crippen LogP) is 2.81. The molecule has 1 heterocycles. The van der Waals surface area contributed by atoms with Crippen LogP contribution in [0.4, 0.5) is 0 Å². The molecule has 1 aromatic carbocycles. The van der Waals surface area contributed by atoms with Gasteiger partial charge in [0, 0.05) is 18.6 Å². The van der Waals surface area contributed by atoms with Crippen LogP contribution in [0.5, 0.6) is 0 Å². The fraction of sp³-hybridized carbons (Fsp3) is 0.625. The second kappa shape index (κ2) is 5.41. The zero-order valence-corrected chi connectivity index (χ0v) is 11.0. The highest BCUT2D eigenvalue weighted by Gasteiger charge is 2.41. The van der Waals surface area contributed by atoms with Gasteiger partial charge in [-0.3, -0.25) is 4.90 Å². The van der Waals surface area contributed by atoms with Gasteiger partial charge in [-0.25, -0.2) is 0 Å². The molecule has 0 aromatic heterocycles. The molecule has 1 saturated carbocycles. The summed E-state index contributed by atoms with van der Waals surface area (Å²) in [6, 6.07) is 11.8. The van der Waals surface area contributed by atoms with Gasteiger partial charge in [0.1, 0.15) is 0 Å². The third-order valence-corrected chi connectivity index (χ3v) is 4.76. The van der Waals surface area contributed by atoms with Crippen LogP contribution in [0.3, 0.4) is 0 Å². The number of fused-ring (bicyclic) bond motifs is 1. The molecule has 3 rings (SSSR count). The topological polar surface area (TPSA) is 23.5 Å². The molecule has 1 N–H and O–H groups in total. The van der Waals surface area contributed by atoms with E-state index in [9.17, 15) is 5.11 Å². The van der Waals surface area contributed by atoms with E-state index < -0.39 is 0 Å². The molecule has 2 aliphatic rings. The summed E-state index contributed by atoms with van der Waals surface area (Å²) in [5, 5.41) is 9.62. The Morgan fingerprint density at radius 3 is 2.67 bits per heavy atom. The molecule has 3 atom stereocenters. The smallest absolute Gasteiger partial charge is 0.0587 e. The van der Waals surface area contributed by atoms with Gasteiger partial charge in [-0.1, -0.05) is 43.2 Å². The van der Waals surface area contributed by atoms with Crippen molar-refractivity contribution < 1.29 is 5.11 Å². The fourth-order valence-corrected chi connectivity index (χ4v) is 3.88. The van der Waals surface area contributed by atoms with Crippen molar-refractivity contribution in [2.75, 3.05) is 6.61 Å². The van der Waals surface area contributed by atoms with Crippen molar-refractivity contribution in [3.8, 4) is 0 Å². The molecule has 2 fully saturated rings. The maximum Gasteiger partial charge on any atom is 0.0587 e. The van der Waals surface area contributed by atoms with E-state index in [0.717, 1.165) is 18.5 Å². The summed E-state index contributed by atoms with van der Waals surface area (Å²) in [6.45, 7) is 1.33. The monoisotopic (exact) mass is 245 g/mol. The van der Waals surface area contributed by atoms with Crippen molar-refractivity contribution in [1.82, 2.24) is 4.90 Å². The number of aliphatic hydroxyl groups excluding tert-OH is 1. The van der Waals surface area contributed by atoms with Crippen molar-refractivity contribution in [3.63, 3.8) is 0 Å². The summed E-state index contributed by atoms with van der Waals surface area (Å²) < 4.78 is 0. The van der Waals surface area contributed by atoms with Crippen molar-refractivity contribution in [2.24, 2.45) is 5.92 Å². The third kappa shape index (κ3) is 2.32. The molecule has 1 aromatic rings. The molecule has 0 unspecified atom stereocenters. The minimum atomic E-state index is 0.319. The van der Waals surface area contributed by atoms with E-state index in [4.69, 9.17) is 0 Å². The zero-order valence-electron chi connectivity index (χ0n) is 11.0. The van der Waals surface area contributed by atoms with Gasteiger partial charge in [-0.15, -0.1) is 0 Å². The van der Waals surface area contributed by atoms with E-state index in [-0.39, 0.29) is 0 Å². The summed E-state index contributed by atoms with van der Waals surface area (Å²) in [5.41, 5.74) is 1.38. The Morgan fingerprint density at radius 1 is 1.11 bits per heavy atom. The lowest BCUT2D eigenvalue weighted by atomic mass is 9.85. The van der Waals surface area contributed by atoms with Crippen LogP contribution in [0.15, 0.2) is 30.3 Å². The van der Waals surface area contributed by atoms with E-state index in [2.05, 4.69) is 35.2 Å². The number of aliphatic hydroxyl groups is 1. The lowest BCUT2D eigenvalue weighted by molar-refractivity contribution is 0.105. The van der Waals surface area contributed by atoms with Crippen LogP contribution in [0, 0.1) is 5.92 Å². The lowest BCUT2D eigenvalue weighted by Crippen LogP contribution is -2.39. The fourth-order valence-electron chi connectivity index (χ4n) is 3.88. The first kappa shape index (κ1) is 12.2. The minimum Gasteiger partial charge on any atom is -0.395 e. The van der Waals surface area contributed by atoms with Gasteiger partial charge in [-0.05, 0) is 30.7 Å². The van der Waals surface area contributed by atoms with Gasteiger partial charge in [-0.2, -0.15) is 0 Å². The van der Waals surface area contributed by atoms with Crippen LogP contribution in [-0.4, -0.2) is 28.7 Å². The standard InChI is InChI=1S/C16H23NO/c18-12-15-10-14-8-4-5-9-16(14)17(15)11-13-6-2-1-3-7-13/h1-3,6-7,14-16,18H,4-5,8-12H2/t14-,15+,16-/m0/s1. The predicted molar refractivity (Wildman–Crippen MR) is 73.2 cm³/mol. The molecule has 98 valence electrons. The normalized spacial score (nSPS) is 32.4. The molecule has 1 aliphatic carbocycles. The molecular weight excluding hydrogens is 222 g/mol. The summed E-state index contributed by atoms with van der Waals surface area (Å²) in [6.07, 6.45) is 6.65. The molecule has 2 nitrogen and oxygen atoms in total. The first-order valence-electron chi connectivity index (χ1n) is 7.29. The first-order chi connectivity index (χ1) is 8.88. The molecule has 1 aliphatic heterocycles. The minimum absolute atomic E-state index is 0.319. The average molecular weight is 245 g/mol. The van der Waals surface area contributed by atoms with Gasteiger partial charge < -0.3 is 5.11 Å². The maximum absolute atomic E-state index is 9.62. The van der Waals surface area contributed by atoms with Crippen LogP contribution in [0.1, 0.15) is 37.7 Å². The summed E-state index contributed by atoms with van der Waals surface area (Å²) in [4.78, 5) is 2.57. The molecule has 0 spiro atoms. The van der Waals surface area contributed by atoms with Crippen molar-refractivity contribution in [2.45, 2.75) is 50.7 Å². The Labute approximate surface area is 110 Å². The first-order valence-corrected chi connectivity index (χ1v) is 7.29. The molecule has 0 amide bonds. The van der Waals surface area contributed by atoms with Gasteiger partial charge in [0.05, 0.1) is 6.61 Å². The van der Waals surface area contributed by atoms with Crippen molar-refractivity contribution in [1.29, 1.82) is 0 Å². The van der Waals surface area contributed by atoms with E-state index >= 15 is 0 Å². The van der Waals surface area contributed by atoms with Crippen molar-refractivity contribution >= 4 is 0 Å². The largest absolute Gasteiger partial charge is 0.395 e. The highest BCUT2D eigenvalue weighted by molar-refractivity contribution is 5.15. The van der Waals surface area contributed by atoms with Gasteiger partial charge in [0.25, 0.3) is 0 Å². The Morgan fingerprint density at radius 2 is 1.89 bits per heavy atom. The summed E-state index contributed by atoms with van der Waals surface area (Å²) in [7, 11) is 0. The van der Waals surface area contributed by atoms with Crippen LogP contribution in [-0.2, 0) is 6.54 Å². The Bertz CT molecular complexity index is 378. The number of nitrogens with zero attached hydrogens (tertiary/aromatic N) is 1. The second-order valence-electron chi connectivity index (χ2n) is 5.84. The SMILES string of the molecule is OC[C@H]1C[C@@H]2CCCC[C@@H]2N1Cc1ccccc1. The van der Waals surface area contributed by atoms with E-state index in [1.54, 1.807) is 0 Å². The summed E-state index contributed by atoms with van der Waals surface area (Å²) >= 11 is 0. The second-order valence-corrected chi connectivity index (χ2v) is 5.84. The highest BCUT2D eigenvalue weighted by Crippen LogP contribution is 2.40. The van der Waals surface area contributed by atoms with E-state index in [0.29, 0.717) is 12.6 Å². The number of hydrogen-bond acceptors (Lipinski definition) is 2. The number of rotatable bonds is 3. The molecule has 2 heteroatoms. The average Bonchev–Trinajstić information content (AvgIpc) is 2.78. The van der Waals surface area contributed by atoms with Crippen LogP contribution >= 0.6 is 0 Å². The highest BCUT2D eigenvalue weighted by atomic mass is 16.3. The summed E-state index contributed by atoms with van der Waals surface area (Å²) in [5.74, 6) is 0.833. The number of benzene rings is 1. The molecule has 0 bridgehead atoms. The lowest BCUT2D eigenvalue weighted by Gasteiger charge is -2.33. The number of likely N-dealkylation sites (tertiary alicyclic amines) is 1. The van der Waals surface area contributed by atoms with E-state index in [1.165, 1.54) is 37.7 Å². The Hall–Kier alpha value is -0.860. The zero-order chi connectivity index (χ0) is 12.4. The Kier molecular flexibility index (Phi) is 3.67.